The number of nitrogens with zero attached hydrogens (tertiary/aromatic N) is 3. The van der Waals surface area contributed by atoms with Crippen LogP contribution in [0.2, 0.25) is 0 Å². The van der Waals surface area contributed by atoms with Crippen LogP contribution in [0.1, 0.15) is 0 Å². The highest BCUT2D eigenvalue weighted by atomic mass is 15.0. The van der Waals surface area contributed by atoms with E-state index in [4.69, 9.17) is 15.0 Å². The van der Waals surface area contributed by atoms with Crippen molar-refractivity contribution in [2.45, 2.75) is 0 Å². The fraction of sp³-hybridized carbons (Fsp3) is 0. The molecular weight excluding hydrogens is 631 g/mol. The lowest BCUT2D eigenvalue weighted by Crippen LogP contribution is -2.00. The third-order valence-corrected chi connectivity index (χ3v) is 10.1. The molecule has 242 valence electrons. The molecule has 1 aromatic heterocycles. The summed E-state index contributed by atoms with van der Waals surface area (Å²) in [6.45, 7) is 0. The Hall–Kier alpha value is -6.97. The number of fused-ring (bicyclic) bond motifs is 3. The van der Waals surface area contributed by atoms with Gasteiger partial charge in [-0.25, -0.2) is 15.0 Å². The first-order valence-electron chi connectivity index (χ1n) is 17.6. The van der Waals surface area contributed by atoms with Crippen molar-refractivity contribution in [1.82, 2.24) is 15.0 Å². The second-order valence-electron chi connectivity index (χ2n) is 13.2. The first-order valence-corrected chi connectivity index (χ1v) is 17.6. The molecule has 1 heterocycles. The lowest BCUT2D eigenvalue weighted by atomic mass is 9.87. The Morgan fingerprint density at radius 2 is 0.635 bits per heavy atom. The molecule has 3 nitrogen and oxygen atoms in total. The van der Waals surface area contributed by atoms with Gasteiger partial charge in [-0.1, -0.05) is 176 Å². The summed E-state index contributed by atoms with van der Waals surface area (Å²) in [6.07, 6.45) is 0. The van der Waals surface area contributed by atoms with Crippen LogP contribution in [-0.4, -0.2) is 15.0 Å². The fourth-order valence-electron chi connectivity index (χ4n) is 7.66. The van der Waals surface area contributed by atoms with Gasteiger partial charge in [-0.2, -0.15) is 0 Å². The van der Waals surface area contributed by atoms with Crippen LogP contribution in [0.5, 0.6) is 0 Å². The molecule has 1 aliphatic rings. The number of hydrogen-bond donors (Lipinski definition) is 0. The molecule has 0 atom stereocenters. The van der Waals surface area contributed by atoms with Crippen molar-refractivity contribution >= 4 is 10.8 Å². The van der Waals surface area contributed by atoms with Gasteiger partial charge in [0.05, 0.1) is 0 Å². The van der Waals surface area contributed by atoms with E-state index in [9.17, 15) is 0 Å². The molecule has 1 aliphatic carbocycles. The third-order valence-electron chi connectivity index (χ3n) is 10.1. The monoisotopic (exact) mass is 661 g/mol. The van der Waals surface area contributed by atoms with Gasteiger partial charge in [-0.05, 0) is 78.5 Å². The van der Waals surface area contributed by atoms with E-state index in [0.29, 0.717) is 17.5 Å². The number of aromatic nitrogens is 3. The van der Waals surface area contributed by atoms with Crippen molar-refractivity contribution in [1.29, 1.82) is 0 Å². The Labute approximate surface area is 302 Å². The van der Waals surface area contributed by atoms with Crippen LogP contribution in [0, 0.1) is 0 Å². The van der Waals surface area contributed by atoms with Crippen LogP contribution in [0.15, 0.2) is 188 Å². The van der Waals surface area contributed by atoms with E-state index in [1.165, 1.54) is 55.3 Å². The van der Waals surface area contributed by atoms with Crippen molar-refractivity contribution < 1.29 is 0 Å². The van der Waals surface area contributed by atoms with E-state index >= 15 is 0 Å². The van der Waals surface area contributed by atoms with Crippen molar-refractivity contribution in [2.75, 3.05) is 0 Å². The molecule has 0 aliphatic heterocycles. The van der Waals surface area contributed by atoms with E-state index in [0.717, 1.165) is 27.8 Å². The van der Waals surface area contributed by atoms with E-state index < -0.39 is 0 Å². The molecule has 0 spiro atoms. The average Bonchev–Trinajstić information content (AvgIpc) is 3.57. The molecule has 9 aromatic rings. The topological polar surface area (TPSA) is 38.7 Å². The first-order chi connectivity index (χ1) is 25.8. The van der Waals surface area contributed by atoms with Crippen molar-refractivity contribution in [3.05, 3.63) is 188 Å². The van der Waals surface area contributed by atoms with Crippen molar-refractivity contribution in [3.63, 3.8) is 0 Å². The molecule has 0 saturated carbocycles. The maximum Gasteiger partial charge on any atom is 0.164 e. The van der Waals surface area contributed by atoms with Gasteiger partial charge in [0, 0.05) is 16.7 Å². The molecule has 0 fully saturated rings. The molecule has 8 aromatic carbocycles. The van der Waals surface area contributed by atoms with E-state index in [-0.39, 0.29) is 0 Å². The predicted octanol–water partition coefficient (Wildman–Crippen LogP) is 12.7. The summed E-state index contributed by atoms with van der Waals surface area (Å²) in [5.41, 5.74) is 15.2. The Kier molecular flexibility index (Phi) is 7.14. The summed E-state index contributed by atoms with van der Waals surface area (Å²) in [6, 6.07) is 66.4. The maximum atomic E-state index is 4.99. The zero-order valence-electron chi connectivity index (χ0n) is 28.2. The van der Waals surface area contributed by atoms with Crippen LogP contribution in [-0.2, 0) is 0 Å². The molecule has 52 heavy (non-hydrogen) atoms. The van der Waals surface area contributed by atoms with Crippen molar-refractivity contribution in [2.24, 2.45) is 0 Å². The van der Waals surface area contributed by atoms with E-state index in [2.05, 4.69) is 127 Å². The van der Waals surface area contributed by atoms with Crippen molar-refractivity contribution in [3.8, 4) is 89.8 Å². The van der Waals surface area contributed by atoms with Gasteiger partial charge in [0.2, 0.25) is 0 Å². The third kappa shape index (κ3) is 5.10. The number of rotatable bonds is 6. The maximum absolute atomic E-state index is 4.99. The van der Waals surface area contributed by atoms with Crippen LogP contribution in [0.3, 0.4) is 0 Å². The summed E-state index contributed by atoms with van der Waals surface area (Å²) in [7, 11) is 0. The van der Waals surface area contributed by atoms with Gasteiger partial charge >= 0.3 is 0 Å². The Morgan fingerprint density at radius 1 is 0.250 bits per heavy atom. The van der Waals surface area contributed by atoms with Gasteiger partial charge < -0.3 is 0 Å². The molecule has 3 heteroatoms. The molecule has 0 radical (unpaired) electrons. The largest absolute Gasteiger partial charge is 0.208 e. The molecule has 0 N–H and O–H groups in total. The molecule has 0 bridgehead atoms. The molecular formula is C49H31N3. The van der Waals surface area contributed by atoms with Crippen LogP contribution in [0.25, 0.3) is 101 Å². The molecule has 0 unspecified atom stereocenters. The van der Waals surface area contributed by atoms with E-state index in [1.54, 1.807) is 0 Å². The fourth-order valence-corrected chi connectivity index (χ4v) is 7.66. The number of hydrogen-bond acceptors (Lipinski definition) is 3. The lowest BCUT2D eigenvalue weighted by Gasteiger charge is -2.16. The highest BCUT2D eigenvalue weighted by molar-refractivity contribution is 6.21. The normalized spacial score (nSPS) is 11.5. The van der Waals surface area contributed by atoms with Crippen LogP contribution in [0.4, 0.5) is 0 Å². The van der Waals surface area contributed by atoms with Gasteiger partial charge in [0.1, 0.15) is 0 Å². The predicted molar refractivity (Wildman–Crippen MR) is 214 cm³/mol. The average molecular weight is 662 g/mol. The van der Waals surface area contributed by atoms with Gasteiger partial charge in [0.15, 0.2) is 17.5 Å². The zero-order chi connectivity index (χ0) is 34.4. The molecule has 0 amide bonds. The minimum Gasteiger partial charge on any atom is -0.208 e. The Morgan fingerprint density at radius 3 is 1.17 bits per heavy atom. The lowest BCUT2D eigenvalue weighted by molar-refractivity contribution is 1.07. The first kappa shape index (κ1) is 29.9. The summed E-state index contributed by atoms with van der Waals surface area (Å²) >= 11 is 0. The smallest absolute Gasteiger partial charge is 0.164 e. The summed E-state index contributed by atoms with van der Waals surface area (Å²) in [5.74, 6) is 1.95. The Bertz CT molecular complexity index is 2710. The standard InChI is InChI=1S/C49H31N3/c1-4-14-32(15-5-1)40-28-29-41(46-43-27-13-21-33-20-12-26-42(44(33)43)45(40)46)38-24-10-22-36(30-38)37-23-11-25-39(31-37)49-51-47(34-16-6-2-7-17-34)50-48(52-49)35-18-8-3-9-19-35/h1-31H. The van der Waals surface area contributed by atoms with Gasteiger partial charge in [-0.3, -0.25) is 0 Å². The zero-order valence-corrected chi connectivity index (χ0v) is 28.2. The van der Waals surface area contributed by atoms with E-state index in [1.807, 2.05) is 60.7 Å². The minimum absolute atomic E-state index is 0.644. The minimum atomic E-state index is 0.644. The van der Waals surface area contributed by atoms with Gasteiger partial charge in [-0.15, -0.1) is 0 Å². The summed E-state index contributed by atoms with van der Waals surface area (Å²) < 4.78 is 0. The summed E-state index contributed by atoms with van der Waals surface area (Å²) in [4.78, 5) is 14.9. The second-order valence-corrected chi connectivity index (χ2v) is 13.2. The van der Waals surface area contributed by atoms with Crippen LogP contribution < -0.4 is 0 Å². The summed E-state index contributed by atoms with van der Waals surface area (Å²) in [5, 5.41) is 2.60. The second kappa shape index (κ2) is 12.4. The Balaban J connectivity index is 1.10. The SMILES string of the molecule is c1ccc(-c2nc(-c3ccccc3)nc(-c3cccc(-c4cccc(-c5ccc(-c6ccccc6)c6c5-c5cccc7cccc-6c57)c4)c3)n2)cc1. The molecule has 0 saturated heterocycles. The number of benzene rings is 8. The van der Waals surface area contributed by atoms with Crippen LogP contribution >= 0.6 is 0 Å². The quantitative estimate of drug-likeness (QED) is 0.178. The highest BCUT2D eigenvalue weighted by Crippen LogP contribution is 2.54. The van der Waals surface area contributed by atoms with Gasteiger partial charge in [0.25, 0.3) is 0 Å². The molecule has 10 rings (SSSR count). The highest BCUT2D eigenvalue weighted by Gasteiger charge is 2.27.